The lowest BCUT2D eigenvalue weighted by Crippen LogP contribution is -2.48. The SMILES string of the molecule is O=C(c1cccs1)C1C(c2ccccc2F)C2(C(=O)c3ccccc3C2=O)C2C=Cc3cc(Cl)ccc3N12. The largest absolute Gasteiger partial charge is 0.352 e. The second-order valence-corrected chi connectivity index (χ2v) is 11.2. The number of hydrogen-bond acceptors (Lipinski definition) is 5. The van der Waals surface area contributed by atoms with Crippen molar-refractivity contribution >= 4 is 52.1 Å². The van der Waals surface area contributed by atoms with Gasteiger partial charge in [-0.25, -0.2) is 4.39 Å². The molecule has 1 spiro atoms. The van der Waals surface area contributed by atoms with Crippen LogP contribution >= 0.6 is 22.9 Å². The number of anilines is 1. The van der Waals surface area contributed by atoms with E-state index in [1.165, 1.54) is 17.4 Å². The Morgan fingerprint density at radius 3 is 2.32 bits per heavy atom. The molecule has 38 heavy (non-hydrogen) atoms. The molecule has 0 saturated carbocycles. The van der Waals surface area contributed by atoms with Gasteiger partial charge in [0.05, 0.1) is 10.9 Å². The minimum atomic E-state index is -1.72. The topological polar surface area (TPSA) is 54.5 Å². The molecule has 0 bridgehead atoms. The fourth-order valence-electron chi connectivity index (χ4n) is 6.58. The molecule has 3 aliphatic rings. The number of carbonyl (C=O) groups excluding carboxylic acids is 3. The minimum Gasteiger partial charge on any atom is -0.352 e. The number of thiophene rings is 1. The van der Waals surface area contributed by atoms with Crippen LogP contribution in [0.2, 0.25) is 5.02 Å². The summed E-state index contributed by atoms with van der Waals surface area (Å²) in [5, 5.41) is 2.33. The Bertz CT molecular complexity index is 1660. The summed E-state index contributed by atoms with van der Waals surface area (Å²) >= 11 is 7.58. The first-order valence-electron chi connectivity index (χ1n) is 12.2. The van der Waals surface area contributed by atoms with Crippen molar-refractivity contribution in [2.24, 2.45) is 5.41 Å². The average molecular weight is 540 g/mol. The maximum Gasteiger partial charge on any atom is 0.195 e. The number of halogens is 2. The predicted octanol–water partition coefficient (Wildman–Crippen LogP) is 6.86. The van der Waals surface area contributed by atoms with Crippen LogP contribution in [0.3, 0.4) is 0 Å². The Labute approximate surface area is 227 Å². The van der Waals surface area contributed by atoms with Gasteiger partial charge in [0.2, 0.25) is 0 Å². The molecule has 7 heteroatoms. The Balaban J connectivity index is 1.57. The number of Topliss-reactive ketones (excluding diaryl/α,β-unsaturated/α-hetero) is 3. The number of carbonyl (C=O) groups is 3. The van der Waals surface area contributed by atoms with Gasteiger partial charge in [-0.05, 0) is 46.8 Å². The van der Waals surface area contributed by atoms with Gasteiger partial charge < -0.3 is 4.90 Å². The van der Waals surface area contributed by atoms with E-state index in [0.29, 0.717) is 26.7 Å². The van der Waals surface area contributed by atoms with Gasteiger partial charge in [-0.15, -0.1) is 11.3 Å². The number of ketones is 3. The third-order valence-electron chi connectivity index (χ3n) is 8.04. The molecule has 4 aromatic rings. The van der Waals surface area contributed by atoms with Crippen LogP contribution in [-0.2, 0) is 0 Å². The molecule has 186 valence electrons. The fourth-order valence-corrected chi connectivity index (χ4v) is 7.46. The maximum absolute atomic E-state index is 15.7. The summed E-state index contributed by atoms with van der Waals surface area (Å²) in [7, 11) is 0. The van der Waals surface area contributed by atoms with Crippen LogP contribution in [0.25, 0.3) is 6.08 Å². The van der Waals surface area contributed by atoms with Crippen LogP contribution in [0.15, 0.2) is 90.3 Å². The first-order valence-corrected chi connectivity index (χ1v) is 13.5. The van der Waals surface area contributed by atoms with Crippen LogP contribution in [0, 0.1) is 11.2 Å². The number of nitrogens with zero attached hydrogens (tertiary/aromatic N) is 1. The van der Waals surface area contributed by atoms with Crippen LogP contribution < -0.4 is 4.90 Å². The average Bonchev–Trinajstić information content (AvgIpc) is 3.62. The zero-order valence-electron chi connectivity index (χ0n) is 19.8. The van der Waals surface area contributed by atoms with Crippen molar-refractivity contribution in [1.29, 1.82) is 0 Å². The molecule has 7 rings (SSSR count). The second-order valence-electron chi connectivity index (χ2n) is 9.77. The first kappa shape index (κ1) is 23.3. The molecule has 1 aliphatic carbocycles. The maximum atomic E-state index is 15.7. The zero-order valence-corrected chi connectivity index (χ0v) is 21.4. The van der Waals surface area contributed by atoms with Gasteiger partial charge in [0.15, 0.2) is 17.3 Å². The van der Waals surface area contributed by atoms with Gasteiger partial charge in [-0.1, -0.05) is 72.3 Å². The lowest BCUT2D eigenvalue weighted by Gasteiger charge is -2.37. The van der Waals surface area contributed by atoms with E-state index >= 15 is 4.39 Å². The summed E-state index contributed by atoms with van der Waals surface area (Å²) in [6.45, 7) is 0. The summed E-state index contributed by atoms with van der Waals surface area (Å²) in [4.78, 5) is 45.6. The van der Waals surface area contributed by atoms with Crippen molar-refractivity contribution in [3.63, 3.8) is 0 Å². The third-order valence-corrected chi connectivity index (χ3v) is 9.16. The lowest BCUT2D eigenvalue weighted by atomic mass is 9.64. The summed E-state index contributed by atoms with van der Waals surface area (Å²) in [5.41, 5.74) is 0.494. The number of benzene rings is 3. The summed E-state index contributed by atoms with van der Waals surface area (Å²) < 4.78 is 15.7. The Kier molecular flexibility index (Phi) is 5.09. The molecule has 4 nitrogen and oxygen atoms in total. The Morgan fingerprint density at radius 2 is 1.63 bits per heavy atom. The van der Waals surface area contributed by atoms with Gasteiger partial charge in [0, 0.05) is 27.8 Å². The van der Waals surface area contributed by atoms with E-state index in [1.54, 1.807) is 84.3 Å². The minimum absolute atomic E-state index is 0.176. The number of fused-ring (bicyclic) bond motifs is 5. The molecule has 0 radical (unpaired) electrons. The van der Waals surface area contributed by atoms with E-state index < -0.39 is 29.2 Å². The lowest BCUT2D eigenvalue weighted by molar-refractivity contribution is 0.0664. The van der Waals surface area contributed by atoms with E-state index in [-0.39, 0.29) is 22.9 Å². The van der Waals surface area contributed by atoms with E-state index in [9.17, 15) is 14.4 Å². The summed E-state index contributed by atoms with van der Waals surface area (Å²) in [6, 6.07) is 19.9. The van der Waals surface area contributed by atoms with Crippen molar-refractivity contribution in [1.82, 2.24) is 0 Å². The fraction of sp³-hybridized carbons (Fsp3) is 0.129. The molecule has 1 fully saturated rings. The summed E-state index contributed by atoms with van der Waals surface area (Å²) in [6.07, 6.45) is 3.64. The van der Waals surface area contributed by atoms with Gasteiger partial charge in [0.25, 0.3) is 0 Å². The first-order chi connectivity index (χ1) is 18.4. The van der Waals surface area contributed by atoms with Crippen molar-refractivity contribution in [3.05, 3.63) is 128 Å². The van der Waals surface area contributed by atoms with Crippen LogP contribution in [0.4, 0.5) is 10.1 Å². The van der Waals surface area contributed by atoms with Crippen LogP contribution in [0.5, 0.6) is 0 Å². The number of rotatable bonds is 3. The molecule has 2 aliphatic heterocycles. The highest BCUT2D eigenvalue weighted by Crippen LogP contribution is 2.61. The van der Waals surface area contributed by atoms with Crippen molar-refractivity contribution in [2.75, 3.05) is 4.90 Å². The van der Waals surface area contributed by atoms with Crippen molar-refractivity contribution in [2.45, 2.75) is 18.0 Å². The molecule has 3 heterocycles. The third kappa shape index (κ3) is 2.93. The number of hydrogen-bond donors (Lipinski definition) is 0. The molecule has 0 N–H and O–H groups in total. The molecular formula is C31H19ClFNO3S. The van der Waals surface area contributed by atoms with Gasteiger partial charge in [-0.3, -0.25) is 14.4 Å². The Morgan fingerprint density at radius 1 is 0.921 bits per heavy atom. The molecule has 3 unspecified atom stereocenters. The van der Waals surface area contributed by atoms with Gasteiger partial charge >= 0.3 is 0 Å². The van der Waals surface area contributed by atoms with Crippen molar-refractivity contribution in [3.8, 4) is 0 Å². The Hall–Kier alpha value is -3.87. The second kappa shape index (κ2) is 8.32. The van der Waals surface area contributed by atoms with E-state index in [1.807, 2.05) is 11.0 Å². The predicted molar refractivity (Wildman–Crippen MR) is 146 cm³/mol. The highest BCUT2D eigenvalue weighted by Gasteiger charge is 2.71. The highest BCUT2D eigenvalue weighted by atomic mass is 35.5. The summed E-state index contributed by atoms with van der Waals surface area (Å²) in [5.74, 6) is -2.66. The molecule has 1 aromatic heterocycles. The van der Waals surface area contributed by atoms with E-state index in [4.69, 9.17) is 11.6 Å². The van der Waals surface area contributed by atoms with Gasteiger partial charge in [0.1, 0.15) is 17.3 Å². The van der Waals surface area contributed by atoms with Crippen LogP contribution in [0.1, 0.15) is 47.4 Å². The van der Waals surface area contributed by atoms with E-state index in [2.05, 4.69) is 0 Å². The monoisotopic (exact) mass is 539 g/mol. The molecular weight excluding hydrogens is 521 g/mol. The van der Waals surface area contributed by atoms with E-state index in [0.717, 1.165) is 5.56 Å². The normalized spacial score (nSPS) is 22.5. The van der Waals surface area contributed by atoms with Crippen molar-refractivity contribution < 1.29 is 18.8 Å². The zero-order chi connectivity index (χ0) is 26.2. The molecule has 1 saturated heterocycles. The smallest absolute Gasteiger partial charge is 0.195 e. The highest BCUT2D eigenvalue weighted by molar-refractivity contribution is 7.12. The molecule has 0 amide bonds. The van der Waals surface area contributed by atoms with Gasteiger partial charge in [-0.2, -0.15) is 0 Å². The van der Waals surface area contributed by atoms with Crippen LogP contribution in [-0.4, -0.2) is 29.4 Å². The standard InChI is InChI=1S/C31H19ClFNO3S/c32-18-12-13-23-17(16-18)11-14-25-31(29(36)19-6-1-2-7-20(19)30(31)37)26(21-8-3-4-9-22(21)33)27(34(23)25)28(35)24-10-5-15-38-24/h1-16,25-27H. The molecule has 3 aromatic carbocycles. The molecule has 3 atom stereocenters. The quantitative estimate of drug-likeness (QED) is 0.211.